The van der Waals surface area contributed by atoms with Crippen LogP contribution in [-0.2, 0) is 11.9 Å². The Hall–Kier alpha value is -3.50. The Morgan fingerprint density at radius 3 is 2.77 bits per heavy atom. The molecule has 1 saturated carbocycles. The van der Waals surface area contributed by atoms with E-state index in [1.807, 2.05) is 43.1 Å². The summed E-state index contributed by atoms with van der Waals surface area (Å²) in [6, 6.07) is 3.26. The van der Waals surface area contributed by atoms with E-state index in [1.54, 1.807) is 18.0 Å². The molecule has 11 heteroatoms. The number of aliphatic imine (C=N–C) groups is 1. The van der Waals surface area contributed by atoms with Gasteiger partial charge in [-0.1, -0.05) is 11.6 Å². The lowest BCUT2D eigenvalue weighted by Gasteiger charge is -2.30. The molecule has 0 radical (unpaired) electrons. The van der Waals surface area contributed by atoms with Crippen LogP contribution >= 0.6 is 11.6 Å². The molecule has 1 fully saturated rings. The minimum Gasteiger partial charge on any atom is -0.479 e. The molecule has 2 aliphatic rings. The van der Waals surface area contributed by atoms with Crippen LogP contribution < -0.4 is 10.2 Å². The fourth-order valence-corrected chi connectivity index (χ4v) is 4.72. The van der Waals surface area contributed by atoms with E-state index >= 15 is 4.39 Å². The van der Waals surface area contributed by atoms with E-state index in [9.17, 15) is 0 Å². The van der Waals surface area contributed by atoms with Crippen LogP contribution in [0, 0.1) is 18.7 Å². The number of rotatable bonds is 5. The van der Waals surface area contributed by atoms with Gasteiger partial charge in [-0.05, 0) is 37.8 Å². The minimum absolute atomic E-state index is 0.0243. The number of halogens is 2. The average molecular weight is 496 g/mol. The van der Waals surface area contributed by atoms with Crippen LogP contribution in [0.1, 0.15) is 35.8 Å². The molecule has 0 amide bonds. The SMILES string of the molecule is COc1nc(C2=NC(c3cn(C)c4ncc(Cl)c(F)c34)C(C3CC3)ON2)ccc1-n1cnc(C)c1. The lowest BCUT2D eigenvalue weighted by molar-refractivity contribution is -0.0290. The van der Waals surface area contributed by atoms with Gasteiger partial charge in [-0.3, -0.25) is 9.83 Å². The zero-order chi connectivity index (χ0) is 24.3. The Bertz CT molecular complexity index is 1480. The molecule has 0 bridgehead atoms. The molecule has 4 aromatic heterocycles. The molecule has 9 nitrogen and oxygen atoms in total. The van der Waals surface area contributed by atoms with Gasteiger partial charge in [0.1, 0.15) is 29.2 Å². The molecular formula is C24H23ClFN7O2. The topological polar surface area (TPSA) is 91.4 Å². The van der Waals surface area contributed by atoms with E-state index in [0.29, 0.717) is 39.9 Å². The summed E-state index contributed by atoms with van der Waals surface area (Å²) in [6.45, 7) is 1.91. The van der Waals surface area contributed by atoms with Gasteiger partial charge in [-0.2, -0.15) is 0 Å². The number of ether oxygens (including phenoxy) is 1. The molecule has 2 unspecified atom stereocenters. The summed E-state index contributed by atoms with van der Waals surface area (Å²) >= 11 is 6.09. The van der Waals surface area contributed by atoms with Gasteiger partial charge in [-0.25, -0.2) is 24.8 Å². The van der Waals surface area contributed by atoms with Gasteiger partial charge in [0.25, 0.3) is 0 Å². The van der Waals surface area contributed by atoms with Crippen molar-refractivity contribution in [2.75, 3.05) is 7.11 Å². The van der Waals surface area contributed by atoms with Crippen LogP contribution in [0.5, 0.6) is 5.88 Å². The summed E-state index contributed by atoms with van der Waals surface area (Å²) in [5.74, 6) is 0.679. The van der Waals surface area contributed by atoms with Crippen LogP contribution in [0.4, 0.5) is 4.39 Å². The van der Waals surface area contributed by atoms with Crippen LogP contribution in [0.15, 0.2) is 42.0 Å². The fraction of sp³-hybridized carbons (Fsp3) is 0.333. The van der Waals surface area contributed by atoms with Gasteiger partial charge in [0.05, 0.1) is 35.7 Å². The van der Waals surface area contributed by atoms with Gasteiger partial charge < -0.3 is 13.9 Å². The number of hydrogen-bond donors (Lipinski definition) is 1. The van der Waals surface area contributed by atoms with Crippen molar-refractivity contribution in [3.63, 3.8) is 0 Å². The molecule has 2 atom stereocenters. The summed E-state index contributed by atoms with van der Waals surface area (Å²) < 4.78 is 24.4. The summed E-state index contributed by atoms with van der Waals surface area (Å²) in [7, 11) is 3.39. The van der Waals surface area contributed by atoms with E-state index in [0.717, 1.165) is 24.2 Å². The maximum atomic E-state index is 15.2. The van der Waals surface area contributed by atoms with Crippen molar-refractivity contribution in [2.24, 2.45) is 18.0 Å². The van der Waals surface area contributed by atoms with Crippen LogP contribution in [-0.4, -0.2) is 43.1 Å². The second-order valence-corrected chi connectivity index (χ2v) is 9.31. The number of nitrogens with one attached hydrogen (secondary N) is 1. The molecule has 0 saturated heterocycles. The van der Waals surface area contributed by atoms with Crippen molar-refractivity contribution in [1.82, 2.24) is 29.6 Å². The highest BCUT2D eigenvalue weighted by molar-refractivity contribution is 6.31. The number of fused-ring (bicyclic) bond motifs is 1. The fourth-order valence-electron chi connectivity index (χ4n) is 4.57. The molecule has 1 aliphatic carbocycles. The molecule has 1 N–H and O–H groups in total. The Labute approximate surface area is 205 Å². The Balaban J connectivity index is 1.45. The third kappa shape index (κ3) is 3.73. The second-order valence-electron chi connectivity index (χ2n) is 8.91. The van der Waals surface area contributed by atoms with Gasteiger partial charge >= 0.3 is 0 Å². The molecule has 5 heterocycles. The highest BCUT2D eigenvalue weighted by atomic mass is 35.5. The number of hydroxylamine groups is 1. The number of amidine groups is 1. The summed E-state index contributed by atoms with van der Waals surface area (Å²) in [5, 5.41) is 0.337. The molecule has 6 rings (SSSR count). The van der Waals surface area contributed by atoms with Gasteiger partial charge in [0.2, 0.25) is 5.88 Å². The largest absolute Gasteiger partial charge is 0.479 e. The first-order valence-corrected chi connectivity index (χ1v) is 11.7. The van der Waals surface area contributed by atoms with Crippen LogP contribution in [0.25, 0.3) is 16.7 Å². The standard InChI is InChI=1S/C24H23ClFN7O2/c1-12-9-33(11-28-12)17-7-6-16(29-24(17)34-3)22-30-20(21(35-31-22)13-4-5-13)14-10-32(2)23-18(14)19(26)15(25)8-27-23/h6-11,13,20-21H,4-5H2,1-3H3,(H,30,31). The van der Waals surface area contributed by atoms with E-state index < -0.39 is 11.9 Å². The first kappa shape index (κ1) is 22.0. The van der Waals surface area contributed by atoms with Gasteiger partial charge in [0, 0.05) is 25.0 Å². The van der Waals surface area contributed by atoms with Gasteiger partial charge in [0.15, 0.2) is 11.7 Å². The maximum absolute atomic E-state index is 15.2. The third-order valence-electron chi connectivity index (χ3n) is 6.45. The summed E-state index contributed by atoms with van der Waals surface area (Å²) in [6.07, 6.45) is 8.59. The lowest BCUT2D eigenvalue weighted by atomic mass is 9.98. The second kappa shape index (κ2) is 8.31. The minimum atomic E-state index is -0.503. The van der Waals surface area contributed by atoms with E-state index in [2.05, 4.69) is 20.4 Å². The third-order valence-corrected chi connectivity index (χ3v) is 6.71. The Morgan fingerprint density at radius 2 is 2.06 bits per heavy atom. The summed E-state index contributed by atoms with van der Waals surface area (Å²) in [4.78, 5) is 24.3. The predicted molar refractivity (Wildman–Crippen MR) is 128 cm³/mol. The smallest absolute Gasteiger partial charge is 0.238 e. The van der Waals surface area contributed by atoms with Gasteiger partial charge in [-0.15, -0.1) is 0 Å². The van der Waals surface area contributed by atoms with Crippen molar-refractivity contribution >= 4 is 28.5 Å². The zero-order valence-corrected chi connectivity index (χ0v) is 20.1. The van der Waals surface area contributed by atoms with Crippen molar-refractivity contribution in [3.8, 4) is 11.6 Å². The molecule has 35 heavy (non-hydrogen) atoms. The molecular weight excluding hydrogens is 473 g/mol. The van der Waals surface area contributed by atoms with Crippen molar-refractivity contribution < 1.29 is 14.0 Å². The molecule has 0 spiro atoms. The Kier molecular flexibility index (Phi) is 5.23. The number of methoxy groups -OCH3 is 1. The molecule has 1 aliphatic heterocycles. The highest BCUT2D eigenvalue weighted by Gasteiger charge is 2.43. The normalized spacial score (nSPS) is 20.1. The number of aryl methyl sites for hydroxylation is 2. The van der Waals surface area contributed by atoms with Crippen molar-refractivity contribution in [2.45, 2.75) is 31.9 Å². The average Bonchev–Trinajstić information content (AvgIpc) is 3.54. The number of imidazole rings is 1. The monoisotopic (exact) mass is 495 g/mol. The van der Waals surface area contributed by atoms with Crippen LogP contribution in [0.3, 0.4) is 0 Å². The summed E-state index contributed by atoms with van der Waals surface area (Å²) in [5.41, 5.74) is 6.33. The molecule has 0 aromatic carbocycles. The van der Waals surface area contributed by atoms with E-state index in [4.69, 9.17) is 26.2 Å². The van der Waals surface area contributed by atoms with E-state index in [1.165, 1.54) is 6.20 Å². The number of hydrogen-bond acceptors (Lipinski definition) is 7. The lowest BCUT2D eigenvalue weighted by Crippen LogP contribution is -2.40. The highest BCUT2D eigenvalue weighted by Crippen LogP contribution is 2.45. The van der Waals surface area contributed by atoms with Crippen molar-refractivity contribution in [1.29, 1.82) is 0 Å². The molecule has 180 valence electrons. The first-order chi connectivity index (χ1) is 16.9. The Morgan fingerprint density at radius 1 is 1.23 bits per heavy atom. The first-order valence-electron chi connectivity index (χ1n) is 11.3. The predicted octanol–water partition coefficient (Wildman–Crippen LogP) is 4.06. The van der Waals surface area contributed by atoms with Crippen molar-refractivity contribution in [3.05, 3.63) is 64.8 Å². The van der Waals surface area contributed by atoms with Crippen LogP contribution in [0.2, 0.25) is 5.02 Å². The quantitative estimate of drug-likeness (QED) is 0.449. The zero-order valence-electron chi connectivity index (χ0n) is 19.4. The number of pyridine rings is 2. The van der Waals surface area contributed by atoms with E-state index in [-0.39, 0.29) is 11.1 Å². The number of aromatic nitrogens is 5. The maximum Gasteiger partial charge on any atom is 0.238 e. The molecule has 4 aromatic rings. The number of nitrogens with zero attached hydrogens (tertiary/aromatic N) is 6.